The summed E-state index contributed by atoms with van der Waals surface area (Å²) in [5.41, 5.74) is 1.79. The van der Waals surface area contributed by atoms with Crippen molar-refractivity contribution >= 4 is 51.5 Å². The van der Waals surface area contributed by atoms with Crippen LogP contribution in [-0.4, -0.2) is 15.3 Å². The van der Waals surface area contributed by atoms with Crippen molar-refractivity contribution < 1.29 is 4.79 Å². The van der Waals surface area contributed by atoms with Crippen molar-refractivity contribution in [2.24, 2.45) is 5.92 Å². The maximum Gasteiger partial charge on any atom is 0.244 e. The maximum atomic E-state index is 12.4. The van der Waals surface area contributed by atoms with Crippen LogP contribution in [0.3, 0.4) is 0 Å². The number of hydrogen-bond donors (Lipinski definition) is 1. The van der Waals surface area contributed by atoms with Crippen molar-refractivity contribution in [1.82, 2.24) is 14.7 Å². The highest BCUT2D eigenvalue weighted by Gasteiger charge is 2.33. The summed E-state index contributed by atoms with van der Waals surface area (Å²) in [6, 6.07) is 7.66. The lowest BCUT2D eigenvalue weighted by Crippen LogP contribution is -2.28. The number of hydrogen-bond acceptors (Lipinski definition) is 3. The Balaban J connectivity index is 1.51. The molecular weight excluding hydrogens is 377 g/mol. The van der Waals surface area contributed by atoms with E-state index in [0.717, 1.165) is 23.4 Å². The summed E-state index contributed by atoms with van der Waals surface area (Å²) in [4.78, 5) is 17.5. The fraction of sp³-hybridized carbons (Fsp3) is 0.222. The molecule has 1 unspecified atom stereocenters. The SMILES string of the molecule is O=C(/C=C/c1c(Cl)nc2sccn12)NC(c1ccc(Cl)cc1)C1CC1. The zero-order valence-electron chi connectivity index (χ0n) is 13.2. The van der Waals surface area contributed by atoms with Crippen LogP contribution in [-0.2, 0) is 4.79 Å². The summed E-state index contributed by atoms with van der Waals surface area (Å²) in [6.07, 6.45) is 7.36. The van der Waals surface area contributed by atoms with Gasteiger partial charge in [-0.05, 0) is 42.5 Å². The number of halogens is 2. The zero-order chi connectivity index (χ0) is 17.4. The third-order valence-electron chi connectivity index (χ3n) is 4.27. The maximum absolute atomic E-state index is 12.4. The van der Waals surface area contributed by atoms with Gasteiger partial charge in [0.15, 0.2) is 10.1 Å². The number of fused-ring (bicyclic) bond motifs is 1. The number of carbonyl (C=O) groups excluding carboxylic acids is 1. The van der Waals surface area contributed by atoms with Gasteiger partial charge in [-0.25, -0.2) is 4.98 Å². The predicted molar refractivity (Wildman–Crippen MR) is 102 cm³/mol. The molecule has 1 N–H and O–H groups in total. The van der Waals surface area contributed by atoms with Crippen molar-refractivity contribution in [3.63, 3.8) is 0 Å². The molecule has 2 aromatic heterocycles. The van der Waals surface area contributed by atoms with E-state index in [1.165, 1.54) is 17.4 Å². The Hall–Kier alpha value is -1.82. The first-order valence-electron chi connectivity index (χ1n) is 7.97. The molecule has 1 saturated carbocycles. The van der Waals surface area contributed by atoms with E-state index in [1.54, 1.807) is 6.08 Å². The van der Waals surface area contributed by atoms with Gasteiger partial charge in [-0.1, -0.05) is 35.3 Å². The second-order valence-electron chi connectivity index (χ2n) is 6.05. The molecule has 4 rings (SSSR count). The number of nitrogens with one attached hydrogen (secondary N) is 1. The lowest BCUT2D eigenvalue weighted by molar-refractivity contribution is -0.117. The molecule has 128 valence electrons. The third kappa shape index (κ3) is 3.59. The highest BCUT2D eigenvalue weighted by molar-refractivity contribution is 7.15. The van der Waals surface area contributed by atoms with Crippen LogP contribution in [0.25, 0.3) is 11.0 Å². The lowest BCUT2D eigenvalue weighted by atomic mass is 10.0. The number of thiazole rings is 1. The molecule has 0 bridgehead atoms. The second kappa shape index (κ2) is 6.83. The van der Waals surface area contributed by atoms with Gasteiger partial charge >= 0.3 is 0 Å². The molecule has 0 spiro atoms. The normalized spacial score (nSPS) is 15.8. The van der Waals surface area contributed by atoms with E-state index in [-0.39, 0.29) is 11.9 Å². The van der Waals surface area contributed by atoms with E-state index >= 15 is 0 Å². The molecule has 4 nitrogen and oxygen atoms in total. The first-order chi connectivity index (χ1) is 12.1. The average Bonchev–Trinajstić information content (AvgIpc) is 3.26. The van der Waals surface area contributed by atoms with E-state index in [4.69, 9.17) is 23.2 Å². The van der Waals surface area contributed by atoms with Crippen LogP contribution in [0.2, 0.25) is 10.2 Å². The lowest BCUT2D eigenvalue weighted by Gasteiger charge is -2.18. The fourth-order valence-electron chi connectivity index (χ4n) is 2.85. The molecule has 1 aliphatic rings. The van der Waals surface area contributed by atoms with E-state index in [2.05, 4.69) is 10.3 Å². The van der Waals surface area contributed by atoms with Gasteiger partial charge in [0.2, 0.25) is 5.91 Å². The standard InChI is InChI=1S/C18H15Cl2N3OS/c19-13-5-3-12(4-6-13)16(11-1-2-11)21-15(24)8-7-14-17(20)22-18-23(14)9-10-25-18/h3-11,16H,1-2H2,(H,21,24)/b8-7+. The number of aromatic nitrogens is 2. The second-order valence-corrected chi connectivity index (χ2v) is 7.72. The number of rotatable bonds is 5. The number of nitrogens with zero attached hydrogens (tertiary/aromatic N) is 2. The van der Waals surface area contributed by atoms with Gasteiger partial charge in [0.05, 0.1) is 11.7 Å². The van der Waals surface area contributed by atoms with Crippen LogP contribution in [0.1, 0.15) is 30.1 Å². The summed E-state index contributed by atoms with van der Waals surface area (Å²) in [5.74, 6) is 0.341. The Morgan fingerprint density at radius 1 is 1.32 bits per heavy atom. The number of carbonyl (C=O) groups is 1. The first kappa shape index (κ1) is 16.6. The number of benzene rings is 1. The molecule has 25 heavy (non-hydrogen) atoms. The predicted octanol–water partition coefficient (Wildman–Crippen LogP) is 4.98. The zero-order valence-corrected chi connectivity index (χ0v) is 15.5. The highest BCUT2D eigenvalue weighted by Crippen LogP contribution is 2.41. The van der Waals surface area contributed by atoms with E-state index < -0.39 is 0 Å². The molecule has 7 heteroatoms. The molecule has 1 atom stereocenters. The monoisotopic (exact) mass is 391 g/mol. The van der Waals surface area contributed by atoms with E-state index in [9.17, 15) is 4.79 Å². The van der Waals surface area contributed by atoms with Gasteiger partial charge in [0.1, 0.15) is 0 Å². The van der Waals surface area contributed by atoms with E-state index in [1.807, 2.05) is 40.2 Å². The Morgan fingerprint density at radius 3 is 2.80 bits per heavy atom. The van der Waals surface area contributed by atoms with Gasteiger partial charge in [-0.3, -0.25) is 9.20 Å². The average molecular weight is 392 g/mol. The minimum Gasteiger partial charge on any atom is -0.345 e. The first-order valence-corrected chi connectivity index (χ1v) is 9.60. The van der Waals surface area contributed by atoms with Gasteiger partial charge in [0, 0.05) is 22.7 Å². The van der Waals surface area contributed by atoms with Crippen LogP contribution in [0, 0.1) is 5.92 Å². The smallest absolute Gasteiger partial charge is 0.244 e. The summed E-state index contributed by atoms with van der Waals surface area (Å²) >= 11 is 13.6. The molecule has 1 aromatic carbocycles. The van der Waals surface area contributed by atoms with Gasteiger partial charge in [0.25, 0.3) is 0 Å². The summed E-state index contributed by atoms with van der Waals surface area (Å²) in [5, 5.41) is 6.12. The van der Waals surface area contributed by atoms with Crippen molar-refractivity contribution in [3.05, 3.63) is 63.4 Å². The summed E-state index contributed by atoms with van der Waals surface area (Å²) < 4.78 is 1.87. The molecule has 0 aliphatic heterocycles. The van der Waals surface area contributed by atoms with E-state index in [0.29, 0.717) is 21.8 Å². The van der Waals surface area contributed by atoms with Gasteiger partial charge in [-0.15, -0.1) is 11.3 Å². The van der Waals surface area contributed by atoms with Crippen molar-refractivity contribution in [3.8, 4) is 0 Å². The largest absolute Gasteiger partial charge is 0.345 e. The molecule has 1 aliphatic carbocycles. The Kier molecular flexibility index (Phi) is 4.54. The van der Waals surface area contributed by atoms with Crippen molar-refractivity contribution in [2.75, 3.05) is 0 Å². The third-order valence-corrected chi connectivity index (χ3v) is 5.55. The molecule has 0 radical (unpaired) electrons. The molecule has 2 heterocycles. The Labute approximate surface area is 159 Å². The van der Waals surface area contributed by atoms with Crippen LogP contribution >= 0.6 is 34.5 Å². The summed E-state index contributed by atoms with van der Waals surface area (Å²) in [7, 11) is 0. The van der Waals surface area contributed by atoms with Gasteiger partial charge in [-0.2, -0.15) is 0 Å². The molecular formula is C18H15Cl2N3OS. The molecule has 1 fully saturated rings. The highest BCUT2D eigenvalue weighted by atomic mass is 35.5. The van der Waals surface area contributed by atoms with Crippen LogP contribution in [0.5, 0.6) is 0 Å². The molecule has 1 amide bonds. The van der Waals surface area contributed by atoms with Crippen molar-refractivity contribution in [2.45, 2.75) is 18.9 Å². The van der Waals surface area contributed by atoms with Crippen LogP contribution in [0.15, 0.2) is 41.9 Å². The fourth-order valence-corrected chi connectivity index (χ4v) is 3.99. The Morgan fingerprint density at radius 2 is 2.08 bits per heavy atom. The number of imidazole rings is 1. The van der Waals surface area contributed by atoms with Crippen LogP contribution < -0.4 is 5.32 Å². The quantitative estimate of drug-likeness (QED) is 0.623. The van der Waals surface area contributed by atoms with Crippen molar-refractivity contribution in [1.29, 1.82) is 0 Å². The summed E-state index contributed by atoms with van der Waals surface area (Å²) in [6.45, 7) is 0. The minimum absolute atomic E-state index is 0.0106. The molecule has 0 saturated heterocycles. The number of amides is 1. The van der Waals surface area contributed by atoms with Gasteiger partial charge < -0.3 is 5.32 Å². The Bertz CT molecular complexity index is 941. The minimum atomic E-state index is -0.145. The van der Waals surface area contributed by atoms with Crippen LogP contribution in [0.4, 0.5) is 0 Å². The topological polar surface area (TPSA) is 46.4 Å². The molecule has 3 aromatic rings.